The van der Waals surface area contributed by atoms with Crippen molar-refractivity contribution in [3.63, 3.8) is 0 Å². The Balaban J connectivity index is 1.77. The Morgan fingerprint density at radius 1 is 1.13 bits per heavy atom. The number of hydrogen-bond acceptors (Lipinski definition) is 3. The molecule has 0 N–H and O–H groups in total. The Hall–Kier alpha value is -2.16. The first-order valence-electron chi connectivity index (χ1n) is 8.28. The molecule has 1 aliphatic heterocycles. The number of fused-ring (bicyclic) bond motifs is 1. The average Bonchev–Trinajstić information content (AvgIpc) is 2.61. The molecule has 3 heteroatoms. The smallest absolute Gasteiger partial charge is 0.131 e. The Morgan fingerprint density at radius 2 is 1.87 bits per heavy atom. The van der Waals surface area contributed by atoms with Gasteiger partial charge in [-0.3, -0.25) is 0 Å². The third-order valence-electron chi connectivity index (χ3n) is 4.55. The molecule has 0 saturated carbocycles. The Kier molecular flexibility index (Phi) is 4.75. The fourth-order valence-corrected chi connectivity index (χ4v) is 2.86. The van der Waals surface area contributed by atoms with Crippen molar-refractivity contribution in [1.29, 1.82) is 0 Å². The largest absolute Gasteiger partial charge is 0.497 e. The maximum atomic E-state index is 6.20. The molecular weight excluding hydrogens is 288 g/mol. The van der Waals surface area contributed by atoms with Gasteiger partial charge in [-0.05, 0) is 42.2 Å². The lowest BCUT2D eigenvalue weighted by Crippen LogP contribution is -2.18. The van der Waals surface area contributed by atoms with Crippen molar-refractivity contribution in [1.82, 2.24) is 0 Å². The lowest BCUT2D eigenvalue weighted by atomic mass is 9.99. The van der Waals surface area contributed by atoms with Crippen molar-refractivity contribution in [2.24, 2.45) is 0 Å². The summed E-state index contributed by atoms with van der Waals surface area (Å²) in [7, 11) is 1.66. The SMILES string of the molecule is CCC(C)c1ccc(OC2CCOc3cc(OC)ccc32)cc1. The predicted molar refractivity (Wildman–Crippen MR) is 91.6 cm³/mol. The summed E-state index contributed by atoms with van der Waals surface area (Å²) in [6, 6.07) is 14.4. The molecule has 0 aromatic heterocycles. The monoisotopic (exact) mass is 312 g/mol. The van der Waals surface area contributed by atoms with E-state index in [9.17, 15) is 0 Å². The highest BCUT2D eigenvalue weighted by atomic mass is 16.5. The van der Waals surface area contributed by atoms with Crippen molar-refractivity contribution < 1.29 is 14.2 Å². The van der Waals surface area contributed by atoms with Gasteiger partial charge in [0.15, 0.2) is 0 Å². The molecule has 0 fully saturated rings. The van der Waals surface area contributed by atoms with Crippen molar-refractivity contribution >= 4 is 0 Å². The van der Waals surface area contributed by atoms with Crippen LogP contribution in [-0.4, -0.2) is 13.7 Å². The summed E-state index contributed by atoms with van der Waals surface area (Å²) >= 11 is 0. The number of ether oxygens (including phenoxy) is 3. The van der Waals surface area contributed by atoms with Gasteiger partial charge in [0.25, 0.3) is 0 Å². The molecule has 0 spiro atoms. The van der Waals surface area contributed by atoms with E-state index in [1.807, 2.05) is 18.2 Å². The minimum absolute atomic E-state index is 0.0269. The standard InChI is InChI=1S/C20H24O3/c1-4-14(2)15-5-7-16(8-6-15)23-19-11-12-22-20-13-17(21-3)9-10-18(19)20/h5-10,13-14,19H,4,11-12H2,1-3H3. The molecule has 122 valence electrons. The predicted octanol–water partition coefficient (Wildman–Crippen LogP) is 5.11. The van der Waals surface area contributed by atoms with Crippen LogP contribution in [0.2, 0.25) is 0 Å². The van der Waals surface area contributed by atoms with Gasteiger partial charge in [-0.15, -0.1) is 0 Å². The van der Waals surface area contributed by atoms with E-state index in [2.05, 4.69) is 38.1 Å². The van der Waals surface area contributed by atoms with Gasteiger partial charge >= 0.3 is 0 Å². The third-order valence-corrected chi connectivity index (χ3v) is 4.55. The zero-order valence-corrected chi connectivity index (χ0v) is 14.0. The van der Waals surface area contributed by atoms with Crippen LogP contribution >= 0.6 is 0 Å². The summed E-state index contributed by atoms with van der Waals surface area (Å²) in [4.78, 5) is 0. The second-order valence-electron chi connectivity index (χ2n) is 6.03. The Bertz CT molecular complexity index is 648. The van der Waals surface area contributed by atoms with Crippen LogP contribution in [0.3, 0.4) is 0 Å². The quantitative estimate of drug-likeness (QED) is 0.767. The first-order valence-corrected chi connectivity index (χ1v) is 8.28. The van der Waals surface area contributed by atoms with Crippen LogP contribution in [0.5, 0.6) is 17.2 Å². The highest BCUT2D eigenvalue weighted by molar-refractivity contribution is 5.43. The fraction of sp³-hybridized carbons (Fsp3) is 0.400. The Morgan fingerprint density at radius 3 is 2.57 bits per heavy atom. The van der Waals surface area contributed by atoms with Crippen molar-refractivity contribution in [3.05, 3.63) is 53.6 Å². The molecule has 0 radical (unpaired) electrons. The summed E-state index contributed by atoms with van der Waals surface area (Å²) < 4.78 is 17.2. The zero-order chi connectivity index (χ0) is 16.2. The number of methoxy groups -OCH3 is 1. The van der Waals surface area contributed by atoms with Crippen LogP contribution in [-0.2, 0) is 0 Å². The minimum Gasteiger partial charge on any atom is -0.497 e. The van der Waals surface area contributed by atoms with Crippen LogP contribution in [0.4, 0.5) is 0 Å². The van der Waals surface area contributed by atoms with Crippen LogP contribution in [0.25, 0.3) is 0 Å². The van der Waals surface area contributed by atoms with Gasteiger partial charge in [-0.1, -0.05) is 26.0 Å². The highest BCUT2D eigenvalue weighted by Crippen LogP contribution is 2.37. The molecule has 0 aliphatic carbocycles. The molecule has 3 rings (SSSR count). The van der Waals surface area contributed by atoms with Crippen LogP contribution in [0, 0.1) is 0 Å². The van der Waals surface area contributed by atoms with Gasteiger partial charge in [0.1, 0.15) is 23.4 Å². The molecule has 1 heterocycles. The molecule has 3 nitrogen and oxygen atoms in total. The van der Waals surface area contributed by atoms with Gasteiger partial charge in [0.05, 0.1) is 13.7 Å². The summed E-state index contributed by atoms with van der Waals surface area (Å²) in [5.41, 5.74) is 2.44. The van der Waals surface area contributed by atoms with E-state index in [1.165, 1.54) is 5.56 Å². The molecule has 2 unspecified atom stereocenters. The van der Waals surface area contributed by atoms with Gasteiger partial charge in [0, 0.05) is 18.1 Å². The highest BCUT2D eigenvalue weighted by Gasteiger charge is 2.23. The van der Waals surface area contributed by atoms with Gasteiger partial charge < -0.3 is 14.2 Å². The van der Waals surface area contributed by atoms with Crippen molar-refractivity contribution in [2.75, 3.05) is 13.7 Å². The van der Waals surface area contributed by atoms with E-state index in [0.29, 0.717) is 12.5 Å². The molecule has 0 amide bonds. The second kappa shape index (κ2) is 6.95. The topological polar surface area (TPSA) is 27.7 Å². The fourth-order valence-electron chi connectivity index (χ4n) is 2.86. The molecule has 0 bridgehead atoms. The first kappa shape index (κ1) is 15.7. The first-order chi connectivity index (χ1) is 11.2. The van der Waals surface area contributed by atoms with Crippen LogP contribution in [0.15, 0.2) is 42.5 Å². The van der Waals surface area contributed by atoms with Gasteiger partial charge in [0.2, 0.25) is 0 Å². The maximum Gasteiger partial charge on any atom is 0.131 e. The van der Waals surface area contributed by atoms with Crippen molar-refractivity contribution in [3.8, 4) is 17.2 Å². The summed E-state index contributed by atoms with van der Waals surface area (Å²) in [5.74, 6) is 3.16. The third kappa shape index (κ3) is 3.44. The molecule has 23 heavy (non-hydrogen) atoms. The molecule has 2 aromatic carbocycles. The molecule has 1 aliphatic rings. The van der Waals surface area contributed by atoms with E-state index < -0.39 is 0 Å². The number of hydrogen-bond donors (Lipinski definition) is 0. The number of benzene rings is 2. The normalized spacial score (nSPS) is 17.8. The van der Waals surface area contributed by atoms with E-state index >= 15 is 0 Å². The summed E-state index contributed by atoms with van der Waals surface area (Å²) in [6.07, 6.45) is 2.03. The van der Waals surface area contributed by atoms with Gasteiger partial charge in [-0.25, -0.2) is 0 Å². The second-order valence-corrected chi connectivity index (χ2v) is 6.03. The van der Waals surface area contributed by atoms with Crippen molar-refractivity contribution in [2.45, 2.75) is 38.7 Å². The molecule has 2 atom stereocenters. The minimum atomic E-state index is 0.0269. The molecule has 2 aromatic rings. The van der Waals surface area contributed by atoms with E-state index in [1.54, 1.807) is 7.11 Å². The van der Waals surface area contributed by atoms with Gasteiger partial charge in [-0.2, -0.15) is 0 Å². The molecule has 0 saturated heterocycles. The molecular formula is C20H24O3. The van der Waals surface area contributed by atoms with E-state index in [4.69, 9.17) is 14.2 Å². The van der Waals surface area contributed by atoms with E-state index in [-0.39, 0.29) is 6.10 Å². The Labute approximate surface area is 138 Å². The lowest BCUT2D eigenvalue weighted by molar-refractivity contribution is 0.135. The summed E-state index contributed by atoms with van der Waals surface area (Å²) in [5, 5.41) is 0. The summed E-state index contributed by atoms with van der Waals surface area (Å²) in [6.45, 7) is 5.12. The lowest BCUT2D eigenvalue weighted by Gasteiger charge is -2.27. The van der Waals surface area contributed by atoms with E-state index in [0.717, 1.165) is 35.7 Å². The van der Waals surface area contributed by atoms with Crippen LogP contribution in [0.1, 0.15) is 49.8 Å². The van der Waals surface area contributed by atoms with Crippen LogP contribution < -0.4 is 14.2 Å². The maximum absolute atomic E-state index is 6.20. The number of rotatable bonds is 5. The zero-order valence-electron chi connectivity index (χ0n) is 14.0. The average molecular weight is 312 g/mol.